The average Bonchev–Trinajstić information content (AvgIpc) is 2.34. The smallest absolute Gasteiger partial charge is 0.344 e. The molecule has 0 fully saturated rings. The Morgan fingerprint density at radius 2 is 1.89 bits per heavy atom. The number of unbranched alkanes of at least 4 members (excludes halogenated alkanes) is 1. The summed E-state index contributed by atoms with van der Waals surface area (Å²) >= 11 is 0. The highest BCUT2D eigenvalue weighted by molar-refractivity contribution is 5.72. The lowest BCUT2D eigenvalue weighted by atomic mass is 10.0. The molecule has 0 saturated carbocycles. The van der Waals surface area contributed by atoms with Gasteiger partial charge in [-0.1, -0.05) is 39.3 Å². The number of hydrogen-bond acceptors (Lipinski definition) is 2. The fraction of sp³-hybridized carbons (Fsp3) is 0.533. The van der Waals surface area contributed by atoms with Gasteiger partial charge in [-0.25, -0.2) is 4.79 Å². The number of carboxylic acids is 1. The number of ether oxygens (including phenoxy) is 1. The summed E-state index contributed by atoms with van der Waals surface area (Å²) in [6, 6.07) is 7.66. The van der Waals surface area contributed by atoms with Crippen molar-refractivity contribution in [3.05, 3.63) is 29.8 Å². The second kappa shape index (κ2) is 7.04. The van der Waals surface area contributed by atoms with Crippen LogP contribution in [-0.4, -0.2) is 17.2 Å². The summed E-state index contributed by atoms with van der Waals surface area (Å²) in [4.78, 5) is 11.1. The zero-order chi connectivity index (χ0) is 13.5. The van der Waals surface area contributed by atoms with E-state index in [0.717, 1.165) is 12.8 Å². The maximum absolute atomic E-state index is 11.1. The Bertz CT molecular complexity index is 368. The predicted octanol–water partition coefficient (Wildman–Crippen LogP) is 3.83. The van der Waals surface area contributed by atoms with Crippen molar-refractivity contribution in [3.63, 3.8) is 0 Å². The normalized spacial score (nSPS) is 12.4. The van der Waals surface area contributed by atoms with Gasteiger partial charge in [-0.2, -0.15) is 0 Å². The summed E-state index contributed by atoms with van der Waals surface area (Å²) in [5.74, 6) is 0.203. The highest BCUT2D eigenvalue weighted by atomic mass is 16.5. The zero-order valence-corrected chi connectivity index (χ0v) is 11.3. The summed E-state index contributed by atoms with van der Waals surface area (Å²) in [5, 5.41) is 9.08. The summed E-state index contributed by atoms with van der Waals surface area (Å²) in [5.41, 5.74) is 1.22. The van der Waals surface area contributed by atoms with Crippen molar-refractivity contribution in [2.24, 2.45) is 0 Å². The van der Waals surface area contributed by atoms with Crippen molar-refractivity contribution in [1.82, 2.24) is 0 Å². The molecule has 18 heavy (non-hydrogen) atoms. The topological polar surface area (TPSA) is 46.5 Å². The standard InChI is InChI=1S/C15H22O3/c1-4-5-6-14(15(16)17)18-13-9-7-12(8-10-13)11(2)3/h7-11,14H,4-6H2,1-3H3,(H,16,17). The molecule has 1 aromatic rings. The van der Waals surface area contributed by atoms with E-state index < -0.39 is 12.1 Å². The molecular formula is C15H22O3. The van der Waals surface area contributed by atoms with Gasteiger partial charge < -0.3 is 9.84 Å². The van der Waals surface area contributed by atoms with Gasteiger partial charge in [0.2, 0.25) is 0 Å². The molecule has 0 aliphatic carbocycles. The minimum atomic E-state index is -0.892. The van der Waals surface area contributed by atoms with Crippen LogP contribution in [0.15, 0.2) is 24.3 Å². The Labute approximate surface area is 109 Å². The number of carboxylic acid groups (broad SMARTS) is 1. The average molecular weight is 250 g/mol. The fourth-order valence-corrected chi connectivity index (χ4v) is 1.72. The second-order valence-electron chi connectivity index (χ2n) is 4.81. The minimum Gasteiger partial charge on any atom is -0.479 e. The molecule has 0 spiro atoms. The molecule has 0 aliphatic heterocycles. The van der Waals surface area contributed by atoms with Crippen LogP contribution in [0.4, 0.5) is 0 Å². The van der Waals surface area contributed by atoms with Crippen LogP contribution < -0.4 is 4.74 Å². The Morgan fingerprint density at radius 3 is 2.33 bits per heavy atom. The third kappa shape index (κ3) is 4.40. The van der Waals surface area contributed by atoms with Crippen LogP contribution in [0.3, 0.4) is 0 Å². The fourth-order valence-electron chi connectivity index (χ4n) is 1.72. The molecule has 0 aromatic heterocycles. The highest BCUT2D eigenvalue weighted by Gasteiger charge is 2.18. The lowest BCUT2D eigenvalue weighted by molar-refractivity contribution is -0.145. The quantitative estimate of drug-likeness (QED) is 0.800. The minimum absolute atomic E-state index is 0.467. The van der Waals surface area contributed by atoms with Crippen LogP contribution in [0.5, 0.6) is 5.75 Å². The van der Waals surface area contributed by atoms with Crippen LogP contribution in [-0.2, 0) is 4.79 Å². The second-order valence-corrected chi connectivity index (χ2v) is 4.81. The lowest BCUT2D eigenvalue weighted by Crippen LogP contribution is -2.26. The number of aliphatic carboxylic acids is 1. The first-order chi connectivity index (χ1) is 8.54. The van der Waals surface area contributed by atoms with Crippen molar-refractivity contribution in [2.75, 3.05) is 0 Å². The molecule has 3 heteroatoms. The first kappa shape index (κ1) is 14.6. The molecule has 0 amide bonds. The molecule has 0 radical (unpaired) electrons. The summed E-state index contributed by atoms with van der Waals surface area (Å²) in [6.07, 6.45) is 1.65. The Kier molecular flexibility index (Phi) is 5.69. The van der Waals surface area contributed by atoms with Crippen molar-refractivity contribution < 1.29 is 14.6 Å². The first-order valence-corrected chi connectivity index (χ1v) is 6.54. The summed E-state index contributed by atoms with van der Waals surface area (Å²) in [6.45, 7) is 6.28. The van der Waals surface area contributed by atoms with Crippen LogP contribution >= 0.6 is 0 Å². The lowest BCUT2D eigenvalue weighted by Gasteiger charge is -2.15. The van der Waals surface area contributed by atoms with Gasteiger partial charge in [0.25, 0.3) is 0 Å². The van der Waals surface area contributed by atoms with Crippen LogP contribution in [0.1, 0.15) is 51.5 Å². The molecule has 3 nitrogen and oxygen atoms in total. The summed E-state index contributed by atoms with van der Waals surface area (Å²) < 4.78 is 5.51. The van der Waals surface area contributed by atoms with Crippen molar-refractivity contribution in [2.45, 2.75) is 52.1 Å². The Balaban J connectivity index is 2.66. The van der Waals surface area contributed by atoms with E-state index in [2.05, 4.69) is 13.8 Å². The molecule has 0 saturated heterocycles. The number of carbonyl (C=O) groups is 1. The van der Waals surface area contributed by atoms with Gasteiger partial charge in [-0.3, -0.25) is 0 Å². The van der Waals surface area contributed by atoms with E-state index in [9.17, 15) is 4.79 Å². The molecular weight excluding hydrogens is 228 g/mol. The van der Waals surface area contributed by atoms with Crippen LogP contribution in [0.2, 0.25) is 0 Å². The predicted molar refractivity (Wildman–Crippen MR) is 72.1 cm³/mol. The third-order valence-corrected chi connectivity index (χ3v) is 2.92. The van der Waals surface area contributed by atoms with E-state index in [1.807, 2.05) is 31.2 Å². The van der Waals surface area contributed by atoms with E-state index in [1.54, 1.807) is 0 Å². The van der Waals surface area contributed by atoms with Crippen LogP contribution in [0.25, 0.3) is 0 Å². The molecule has 1 atom stereocenters. The number of rotatable bonds is 7. The third-order valence-electron chi connectivity index (χ3n) is 2.92. The van der Waals surface area contributed by atoms with Crippen molar-refractivity contribution >= 4 is 5.97 Å². The van der Waals surface area contributed by atoms with Gasteiger partial charge in [0.05, 0.1) is 0 Å². The van der Waals surface area contributed by atoms with Gasteiger partial charge in [0, 0.05) is 0 Å². The van der Waals surface area contributed by atoms with Gasteiger partial charge in [-0.15, -0.1) is 0 Å². The van der Waals surface area contributed by atoms with Gasteiger partial charge in [0.1, 0.15) is 5.75 Å². The van der Waals surface area contributed by atoms with Gasteiger partial charge >= 0.3 is 5.97 Å². The van der Waals surface area contributed by atoms with Crippen LogP contribution in [0, 0.1) is 0 Å². The highest BCUT2D eigenvalue weighted by Crippen LogP contribution is 2.20. The van der Waals surface area contributed by atoms with Crippen molar-refractivity contribution in [1.29, 1.82) is 0 Å². The van der Waals surface area contributed by atoms with Gasteiger partial charge in [0.15, 0.2) is 6.10 Å². The molecule has 0 aliphatic rings. The maximum atomic E-state index is 11.1. The van der Waals surface area contributed by atoms with Gasteiger partial charge in [-0.05, 0) is 36.5 Å². The molecule has 100 valence electrons. The molecule has 1 rings (SSSR count). The SMILES string of the molecule is CCCCC(Oc1ccc(C(C)C)cc1)C(=O)O. The molecule has 0 heterocycles. The van der Waals surface area contributed by atoms with E-state index in [-0.39, 0.29) is 0 Å². The summed E-state index contributed by atoms with van der Waals surface area (Å²) in [7, 11) is 0. The number of benzene rings is 1. The van der Waals surface area contributed by atoms with Crippen molar-refractivity contribution in [3.8, 4) is 5.75 Å². The Hall–Kier alpha value is -1.51. The molecule has 1 aromatic carbocycles. The van der Waals surface area contributed by atoms with E-state index in [1.165, 1.54) is 5.56 Å². The maximum Gasteiger partial charge on any atom is 0.344 e. The Morgan fingerprint density at radius 1 is 1.28 bits per heavy atom. The molecule has 1 unspecified atom stereocenters. The van der Waals surface area contributed by atoms with E-state index >= 15 is 0 Å². The molecule has 0 bridgehead atoms. The first-order valence-electron chi connectivity index (χ1n) is 6.54. The van der Waals surface area contributed by atoms with E-state index in [4.69, 9.17) is 9.84 Å². The largest absolute Gasteiger partial charge is 0.479 e. The molecule has 1 N–H and O–H groups in total. The monoisotopic (exact) mass is 250 g/mol. The van der Waals surface area contributed by atoms with E-state index in [0.29, 0.717) is 18.1 Å². The zero-order valence-electron chi connectivity index (χ0n) is 11.3. The number of hydrogen-bond donors (Lipinski definition) is 1.